The van der Waals surface area contributed by atoms with Crippen LogP contribution in [0.3, 0.4) is 0 Å². The van der Waals surface area contributed by atoms with Crippen LogP contribution >= 0.6 is 11.6 Å². The second-order valence-electron chi connectivity index (χ2n) is 2.85. The van der Waals surface area contributed by atoms with Crippen molar-refractivity contribution in [2.75, 3.05) is 13.7 Å². The Morgan fingerprint density at radius 2 is 2.14 bits per heavy atom. The third-order valence-electron chi connectivity index (χ3n) is 1.69. The summed E-state index contributed by atoms with van der Waals surface area (Å²) in [4.78, 5) is 0. The standard InChI is InChI=1S/C11H13ClO2/c1-9(7-13-2)14-8-10-5-3-4-6-11(10)12/h3-6H,1,7-8H2,2H3. The van der Waals surface area contributed by atoms with E-state index in [-0.39, 0.29) is 0 Å². The topological polar surface area (TPSA) is 18.5 Å². The molecule has 1 aromatic carbocycles. The average Bonchev–Trinajstić information content (AvgIpc) is 2.17. The molecular formula is C11H13ClO2. The van der Waals surface area contributed by atoms with Crippen LogP contribution in [0.15, 0.2) is 36.6 Å². The van der Waals surface area contributed by atoms with Crippen LogP contribution in [0.5, 0.6) is 0 Å². The molecule has 0 heterocycles. The number of ether oxygens (including phenoxy) is 2. The smallest absolute Gasteiger partial charge is 0.115 e. The van der Waals surface area contributed by atoms with E-state index in [1.807, 2.05) is 24.3 Å². The maximum Gasteiger partial charge on any atom is 0.115 e. The lowest BCUT2D eigenvalue weighted by molar-refractivity contribution is 0.124. The molecular weight excluding hydrogens is 200 g/mol. The zero-order valence-corrected chi connectivity index (χ0v) is 8.88. The van der Waals surface area contributed by atoms with Crippen molar-refractivity contribution < 1.29 is 9.47 Å². The Hall–Kier alpha value is -0.990. The van der Waals surface area contributed by atoms with Crippen LogP contribution in [0.25, 0.3) is 0 Å². The highest BCUT2D eigenvalue weighted by atomic mass is 35.5. The van der Waals surface area contributed by atoms with Crippen LogP contribution in [-0.2, 0) is 16.1 Å². The van der Waals surface area contributed by atoms with Gasteiger partial charge in [0.1, 0.15) is 19.0 Å². The highest BCUT2D eigenvalue weighted by Gasteiger charge is 2.00. The highest BCUT2D eigenvalue weighted by Crippen LogP contribution is 2.16. The van der Waals surface area contributed by atoms with E-state index in [4.69, 9.17) is 21.1 Å². The third-order valence-corrected chi connectivity index (χ3v) is 2.06. The van der Waals surface area contributed by atoms with Crippen molar-refractivity contribution in [1.82, 2.24) is 0 Å². The van der Waals surface area contributed by atoms with Crippen molar-refractivity contribution in [2.24, 2.45) is 0 Å². The fourth-order valence-corrected chi connectivity index (χ4v) is 1.19. The minimum Gasteiger partial charge on any atom is -0.491 e. The van der Waals surface area contributed by atoms with Crippen LogP contribution < -0.4 is 0 Å². The molecule has 0 unspecified atom stereocenters. The lowest BCUT2D eigenvalue weighted by Gasteiger charge is -2.08. The number of methoxy groups -OCH3 is 1. The van der Waals surface area contributed by atoms with E-state index >= 15 is 0 Å². The first kappa shape index (κ1) is 11.1. The van der Waals surface area contributed by atoms with Crippen LogP contribution in [0.1, 0.15) is 5.56 Å². The Morgan fingerprint density at radius 3 is 2.79 bits per heavy atom. The van der Waals surface area contributed by atoms with Gasteiger partial charge in [0.2, 0.25) is 0 Å². The van der Waals surface area contributed by atoms with Gasteiger partial charge in [0.25, 0.3) is 0 Å². The molecule has 0 radical (unpaired) electrons. The predicted octanol–water partition coefficient (Wildman–Crippen LogP) is 3.02. The summed E-state index contributed by atoms with van der Waals surface area (Å²) in [5.74, 6) is 0.604. The summed E-state index contributed by atoms with van der Waals surface area (Å²) in [5, 5.41) is 0.706. The fourth-order valence-electron chi connectivity index (χ4n) is 0.998. The predicted molar refractivity (Wildman–Crippen MR) is 57.3 cm³/mol. The molecule has 0 atom stereocenters. The van der Waals surface area contributed by atoms with E-state index in [1.54, 1.807) is 7.11 Å². The molecule has 0 bridgehead atoms. The number of benzene rings is 1. The number of rotatable bonds is 5. The summed E-state index contributed by atoms with van der Waals surface area (Å²) in [6.45, 7) is 4.54. The molecule has 0 spiro atoms. The lowest BCUT2D eigenvalue weighted by atomic mass is 10.2. The molecule has 14 heavy (non-hydrogen) atoms. The second kappa shape index (κ2) is 5.68. The van der Waals surface area contributed by atoms with E-state index in [9.17, 15) is 0 Å². The van der Waals surface area contributed by atoms with Gasteiger partial charge >= 0.3 is 0 Å². The molecule has 0 aliphatic rings. The second-order valence-corrected chi connectivity index (χ2v) is 3.26. The van der Waals surface area contributed by atoms with Crippen LogP contribution in [-0.4, -0.2) is 13.7 Å². The SMILES string of the molecule is C=C(COC)OCc1ccccc1Cl. The fraction of sp³-hybridized carbons (Fsp3) is 0.273. The van der Waals surface area contributed by atoms with Crippen LogP contribution in [0.2, 0.25) is 5.02 Å². The van der Waals surface area contributed by atoms with Gasteiger partial charge in [-0.15, -0.1) is 0 Å². The number of hydrogen-bond acceptors (Lipinski definition) is 2. The van der Waals surface area contributed by atoms with Gasteiger partial charge in [-0.05, 0) is 6.07 Å². The summed E-state index contributed by atoms with van der Waals surface area (Å²) in [7, 11) is 1.60. The van der Waals surface area contributed by atoms with E-state index in [0.717, 1.165) is 5.56 Å². The molecule has 0 saturated carbocycles. The minimum absolute atomic E-state index is 0.407. The summed E-state index contributed by atoms with van der Waals surface area (Å²) >= 11 is 5.94. The number of halogens is 1. The van der Waals surface area contributed by atoms with Gasteiger partial charge in [0.15, 0.2) is 0 Å². The highest BCUT2D eigenvalue weighted by molar-refractivity contribution is 6.31. The van der Waals surface area contributed by atoms with Gasteiger partial charge < -0.3 is 9.47 Å². The molecule has 0 amide bonds. The maximum atomic E-state index is 5.94. The first-order valence-corrected chi connectivity index (χ1v) is 4.64. The van der Waals surface area contributed by atoms with Crippen molar-refractivity contribution in [3.05, 3.63) is 47.2 Å². The van der Waals surface area contributed by atoms with E-state index in [2.05, 4.69) is 6.58 Å². The zero-order chi connectivity index (χ0) is 10.4. The summed E-state index contributed by atoms with van der Waals surface area (Å²) in [5.41, 5.74) is 0.950. The quantitative estimate of drug-likeness (QED) is 0.699. The summed E-state index contributed by atoms with van der Waals surface area (Å²) in [6, 6.07) is 7.56. The molecule has 1 rings (SSSR count). The van der Waals surface area contributed by atoms with E-state index in [1.165, 1.54) is 0 Å². The zero-order valence-electron chi connectivity index (χ0n) is 8.13. The molecule has 0 fully saturated rings. The van der Waals surface area contributed by atoms with Crippen molar-refractivity contribution in [1.29, 1.82) is 0 Å². The van der Waals surface area contributed by atoms with Crippen molar-refractivity contribution >= 4 is 11.6 Å². The molecule has 0 saturated heterocycles. The van der Waals surface area contributed by atoms with Crippen LogP contribution in [0, 0.1) is 0 Å². The van der Waals surface area contributed by atoms with Crippen LogP contribution in [0.4, 0.5) is 0 Å². The molecule has 0 aromatic heterocycles. The molecule has 2 nitrogen and oxygen atoms in total. The molecule has 3 heteroatoms. The van der Waals surface area contributed by atoms with Gasteiger partial charge in [-0.25, -0.2) is 0 Å². The van der Waals surface area contributed by atoms with Gasteiger partial charge in [-0.1, -0.05) is 36.4 Å². The van der Waals surface area contributed by atoms with Gasteiger partial charge in [0, 0.05) is 17.7 Å². The Kier molecular flexibility index (Phi) is 4.50. The molecule has 0 N–H and O–H groups in total. The lowest BCUT2D eigenvalue weighted by Crippen LogP contribution is -1.99. The Morgan fingerprint density at radius 1 is 1.43 bits per heavy atom. The first-order chi connectivity index (χ1) is 6.74. The molecule has 0 aliphatic carbocycles. The Bertz CT molecular complexity index is 310. The average molecular weight is 213 g/mol. The first-order valence-electron chi connectivity index (χ1n) is 4.27. The van der Waals surface area contributed by atoms with Gasteiger partial charge in [-0.3, -0.25) is 0 Å². The monoisotopic (exact) mass is 212 g/mol. The number of hydrogen-bond donors (Lipinski definition) is 0. The maximum absolute atomic E-state index is 5.94. The summed E-state index contributed by atoms with van der Waals surface area (Å²) in [6.07, 6.45) is 0. The van der Waals surface area contributed by atoms with Crippen molar-refractivity contribution in [3.8, 4) is 0 Å². The Balaban J connectivity index is 2.46. The Labute approximate surface area is 89.1 Å². The summed E-state index contributed by atoms with van der Waals surface area (Å²) < 4.78 is 10.2. The minimum atomic E-state index is 0.407. The van der Waals surface area contributed by atoms with E-state index < -0.39 is 0 Å². The van der Waals surface area contributed by atoms with Gasteiger partial charge in [0.05, 0.1) is 0 Å². The van der Waals surface area contributed by atoms with Gasteiger partial charge in [-0.2, -0.15) is 0 Å². The molecule has 76 valence electrons. The van der Waals surface area contributed by atoms with E-state index in [0.29, 0.717) is 24.0 Å². The normalized spacial score (nSPS) is 9.86. The molecule has 0 aliphatic heterocycles. The van der Waals surface area contributed by atoms with Crippen molar-refractivity contribution in [3.63, 3.8) is 0 Å². The molecule has 1 aromatic rings. The van der Waals surface area contributed by atoms with Crippen molar-refractivity contribution in [2.45, 2.75) is 6.61 Å². The largest absolute Gasteiger partial charge is 0.491 e. The third kappa shape index (κ3) is 3.40.